The number of likely N-dealkylation sites (tertiary alicyclic amines) is 1. The summed E-state index contributed by atoms with van der Waals surface area (Å²) in [4.78, 5) is 52.8. The molecule has 12 nitrogen and oxygen atoms in total. The largest absolute Gasteiger partial charge is 0.493 e. The number of nitrogens with zero attached hydrogens (tertiary/aromatic N) is 1. The monoisotopic (exact) mass is 514 g/mol. The third-order valence-electron chi connectivity index (χ3n) is 6.26. The molecule has 0 spiro atoms. The quantitative estimate of drug-likeness (QED) is 0.522. The van der Waals surface area contributed by atoms with Gasteiger partial charge in [0.15, 0.2) is 23.0 Å². The van der Waals surface area contributed by atoms with Gasteiger partial charge in [-0.2, -0.15) is 0 Å². The maximum Gasteiger partial charge on any atom is 0.344 e. The molecule has 12 heteroatoms. The van der Waals surface area contributed by atoms with Gasteiger partial charge in [0.05, 0.1) is 46.8 Å². The van der Waals surface area contributed by atoms with E-state index in [1.165, 1.54) is 52.6 Å². The Morgan fingerprint density at radius 3 is 2.24 bits per heavy atom. The Balaban J connectivity index is 1.69. The molecule has 0 saturated carbocycles. The predicted molar refractivity (Wildman–Crippen MR) is 127 cm³/mol. The normalized spacial score (nSPS) is 18.1. The number of esters is 2. The van der Waals surface area contributed by atoms with Crippen LogP contribution in [0.4, 0.5) is 5.69 Å². The van der Waals surface area contributed by atoms with Crippen molar-refractivity contribution >= 4 is 29.4 Å². The summed E-state index contributed by atoms with van der Waals surface area (Å²) in [5.74, 6) is -1.35. The Morgan fingerprint density at radius 2 is 1.62 bits per heavy atom. The van der Waals surface area contributed by atoms with Crippen LogP contribution in [0.5, 0.6) is 23.0 Å². The molecule has 2 aromatic carbocycles. The van der Waals surface area contributed by atoms with E-state index in [1.807, 2.05) is 0 Å². The molecule has 1 unspecified atom stereocenters. The first-order chi connectivity index (χ1) is 17.8. The number of fused-ring (bicyclic) bond motifs is 1. The summed E-state index contributed by atoms with van der Waals surface area (Å²) in [7, 11) is 6.84. The average Bonchev–Trinajstić information content (AvgIpc) is 3.46. The van der Waals surface area contributed by atoms with Crippen LogP contribution < -0.4 is 24.3 Å². The second kappa shape index (κ2) is 10.2. The number of carbonyl (C=O) groups is 4. The van der Waals surface area contributed by atoms with Gasteiger partial charge < -0.3 is 33.7 Å². The zero-order valence-corrected chi connectivity index (χ0v) is 20.9. The predicted octanol–water partition coefficient (Wildman–Crippen LogP) is 2.31. The van der Waals surface area contributed by atoms with Gasteiger partial charge in [0.25, 0.3) is 0 Å². The average molecular weight is 514 g/mol. The van der Waals surface area contributed by atoms with E-state index < -0.39 is 30.1 Å². The molecule has 1 fully saturated rings. The third-order valence-corrected chi connectivity index (χ3v) is 6.26. The van der Waals surface area contributed by atoms with Gasteiger partial charge in [-0.1, -0.05) is 0 Å². The number of hydrogen-bond donors (Lipinski definition) is 1. The molecule has 0 bridgehead atoms. The molecule has 1 N–H and O–H groups in total. The molecule has 2 aliphatic heterocycles. The zero-order chi connectivity index (χ0) is 26.9. The number of anilines is 1. The SMILES string of the molecule is COC(=O)c1cc(OC)c(OC)cc1NC(=O)[C@H]1CCC(=O)N1C1OC(=O)c2c1ccc(OC)c2OC. The second-order valence-corrected chi connectivity index (χ2v) is 8.11. The maximum absolute atomic E-state index is 13.4. The maximum atomic E-state index is 13.4. The molecule has 0 aromatic heterocycles. The number of rotatable bonds is 8. The lowest BCUT2D eigenvalue weighted by Crippen LogP contribution is -2.44. The molecule has 2 atom stereocenters. The van der Waals surface area contributed by atoms with Crippen molar-refractivity contribution in [1.82, 2.24) is 4.90 Å². The van der Waals surface area contributed by atoms with E-state index >= 15 is 0 Å². The van der Waals surface area contributed by atoms with Gasteiger partial charge >= 0.3 is 11.9 Å². The van der Waals surface area contributed by atoms with Gasteiger partial charge in [-0.15, -0.1) is 0 Å². The molecule has 1 saturated heterocycles. The van der Waals surface area contributed by atoms with Crippen molar-refractivity contribution in [3.8, 4) is 23.0 Å². The van der Waals surface area contributed by atoms with Crippen molar-refractivity contribution in [2.75, 3.05) is 40.9 Å². The number of methoxy groups -OCH3 is 5. The highest BCUT2D eigenvalue weighted by Crippen LogP contribution is 2.45. The van der Waals surface area contributed by atoms with Crippen molar-refractivity contribution in [1.29, 1.82) is 0 Å². The van der Waals surface area contributed by atoms with Crippen molar-refractivity contribution in [2.45, 2.75) is 25.1 Å². The fraction of sp³-hybridized carbons (Fsp3) is 0.360. The van der Waals surface area contributed by atoms with Crippen LogP contribution >= 0.6 is 0 Å². The van der Waals surface area contributed by atoms with Crippen LogP contribution in [0.2, 0.25) is 0 Å². The molecule has 4 rings (SSSR count). The molecule has 2 aliphatic rings. The summed E-state index contributed by atoms with van der Waals surface area (Å²) < 4.78 is 31.5. The fourth-order valence-electron chi connectivity index (χ4n) is 4.52. The Kier molecular flexibility index (Phi) is 7.09. The molecular formula is C25H26N2O10. The highest BCUT2D eigenvalue weighted by molar-refractivity contribution is 6.05. The summed E-state index contributed by atoms with van der Waals surface area (Å²) in [6, 6.07) is 4.99. The summed E-state index contributed by atoms with van der Waals surface area (Å²) >= 11 is 0. The summed E-state index contributed by atoms with van der Waals surface area (Å²) in [5.41, 5.74) is 0.624. The number of hydrogen-bond acceptors (Lipinski definition) is 10. The molecule has 37 heavy (non-hydrogen) atoms. The van der Waals surface area contributed by atoms with Crippen molar-refractivity contribution in [3.05, 3.63) is 41.0 Å². The molecular weight excluding hydrogens is 488 g/mol. The number of benzene rings is 2. The molecule has 2 amide bonds. The number of cyclic esters (lactones) is 1. The van der Waals surface area contributed by atoms with Gasteiger partial charge in [-0.25, -0.2) is 9.59 Å². The van der Waals surface area contributed by atoms with E-state index in [1.54, 1.807) is 12.1 Å². The van der Waals surface area contributed by atoms with Gasteiger partial charge in [-0.05, 0) is 18.6 Å². The first-order valence-electron chi connectivity index (χ1n) is 11.2. The Hall–Kier alpha value is -4.48. The van der Waals surface area contributed by atoms with Crippen LogP contribution in [0.3, 0.4) is 0 Å². The molecule has 196 valence electrons. The van der Waals surface area contributed by atoms with Crippen LogP contribution in [0.1, 0.15) is 45.3 Å². The molecule has 2 heterocycles. The summed E-state index contributed by atoms with van der Waals surface area (Å²) in [5, 5.41) is 2.69. The highest BCUT2D eigenvalue weighted by atomic mass is 16.6. The first kappa shape index (κ1) is 25.6. The second-order valence-electron chi connectivity index (χ2n) is 8.11. The van der Waals surface area contributed by atoms with Gasteiger partial charge in [-0.3, -0.25) is 14.5 Å². The number of carbonyl (C=O) groups excluding carboxylic acids is 4. The van der Waals surface area contributed by atoms with E-state index in [2.05, 4.69) is 5.32 Å². The van der Waals surface area contributed by atoms with E-state index in [4.69, 9.17) is 28.4 Å². The van der Waals surface area contributed by atoms with Crippen molar-refractivity contribution in [3.63, 3.8) is 0 Å². The molecule has 2 aromatic rings. The van der Waals surface area contributed by atoms with Crippen molar-refractivity contribution in [2.24, 2.45) is 0 Å². The Bertz CT molecular complexity index is 1270. The summed E-state index contributed by atoms with van der Waals surface area (Å²) in [6.45, 7) is 0. The van der Waals surface area contributed by atoms with Crippen LogP contribution in [0.25, 0.3) is 0 Å². The Labute approximate surface area is 212 Å². The fourth-order valence-corrected chi connectivity index (χ4v) is 4.52. The van der Waals surface area contributed by atoms with Crippen LogP contribution in [-0.2, 0) is 19.1 Å². The lowest BCUT2D eigenvalue weighted by molar-refractivity contribution is -0.144. The lowest BCUT2D eigenvalue weighted by Gasteiger charge is -2.29. The first-order valence-corrected chi connectivity index (χ1v) is 11.2. The standard InChI is InChI=1S/C25H26N2O10/c1-32-16-8-6-12-20(21(16)35-4)25(31)37-23(12)27-15(7-9-19(27)28)22(29)26-14-11-18(34-3)17(33-2)10-13(14)24(30)36-5/h6,8,10-11,15,23H,7,9H2,1-5H3,(H,26,29)/t15-,23?/m1/s1. The third kappa shape index (κ3) is 4.34. The lowest BCUT2D eigenvalue weighted by atomic mass is 10.0. The smallest absolute Gasteiger partial charge is 0.344 e. The topological polar surface area (TPSA) is 139 Å². The van der Waals surface area contributed by atoms with Crippen LogP contribution in [0.15, 0.2) is 24.3 Å². The number of ether oxygens (including phenoxy) is 6. The van der Waals surface area contributed by atoms with Crippen LogP contribution in [0, 0.1) is 0 Å². The van der Waals surface area contributed by atoms with E-state index in [0.29, 0.717) is 11.3 Å². The van der Waals surface area contributed by atoms with E-state index in [-0.39, 0.29) is 52.8 Å². The minimum atomic E-state index is -1.14. The van der Waals surface area contributed by atoms with Crippen molar-refractivity contribution < 1.29 is 47.6 Å². The van der Waals surface area contributed by atoms with Gasteiger partial charge in [0.2, 0.25) is 18.0 Å². The minimum Gasteiger partial charge on any atom is -0.493 e. The highest BCUT2D eigenvalue weighted by Gasteiger charge is 2.48. The zero-order valence-electron chi connectivity index (χ0n) is 20.9. The Morgan fingerprint density at radius 1 is 0.946 bits per heavy atom. The van der Waals surface area contributed by atoms with E-state index in [9.17, 15) is 19.2 Å². The number of amides is 2. The van der Waals surface area contributed by atoms with Gasteiger partial charge in [0, 0.05) is 24.1 Å². The molecule has 0 radical (unpaired) electrons. The van der Waals surface area contributed by atoms with Gasteiger partial charge in [0.1, 0.15) is 11.6 Å². The number of nitrogens with one attached hydrogen (secondary N) is 1. The summed E-state index contributed by atoms with van der Waals surface area (Å²) in [6.07, 6.45) is -0.911. The van der Waals surface area contributed by atoms with Crippen LogP contribution in [-0.4, -0.2) is 70.2 Å². The minimum absolute atomic E-state index is 0.0267. The molecule has 0 aliphatic carbocycles. The van der Waals surface area contributed by atoms with E-state index in [0.717, 1.165) is 0 Å².